The molecule has 1 atom stereocenters. The largest absolute Gasteiger partial charge is 0.492 e. The van der Waals surface area contributed by atoms with Crippen molar-refractivity contribution >= 4 is 27.5 Å². The van der Waals surface area contributed by atoms with Crippen LogP contribution in [-0.2, 0) is 14.8 Å². The fourth-order valence-corrected chi connectivity index (χ4v) is 2.82. The molecule has 0 radical (unpaired) electrons. The number of ether oxygens (including phenoxy) is 1. The number of nitrogens with two attached hydrogens (primary N) is 1. The van der Waals surface area contributed by atoms with Gasteiger partial charge in [0.1, 0.15) is 5.75 Å². The van der Waals surface area contributed by atoms with Gasteiger partial charge in [0.15, 0.2) is 0 Å². The zero-order valence-electron chi connectivity index (χ0n) is 10.5. The first-order valence-electron chi connectivity index (χ1n) is 5.52. The molecule has 0 fully saturated rings. The average Bonchev–Trinajstić information content (AvgIpc) is 2.31. The van der Waals surface area contributed by atoms with E-state index < -0.39 is 22.0 Å². The van der Waals surface area contributed by atoms with Gasteiger partial charge in [-0.05, 0) is 32.0 Å². The molecule has 0 aliphatic heterocycles. The molecule has 1 aromatic carbocycles. The summed E-state index contributed by atoms with van der Waals surface area (Å²) in [6, 6.07) is 3.04. The lowest BCUT2D eigenvalue weighted by molar-refractivity contribution is -0.119. The van der Waals surface area contributed by atoms with Crippen LogP contribution in [0, 0.1) is 0 Å². The third-order valence-corrected chi connectivity index (χ3v) is 4.11. The lowest BCUT2D eigenvalue weighted by Crippen LogP contribution is -2.42. The Labute approximate surface area is 116 Å². The maximum atomic E-state index is 12.0. The van der Waals surface area contributed by atoms with Gasteiger partial charge in [-0.15, -0.1) is 0 Å². The molecular weight excluding hydrogens is 292 g/mol. The number of halogens is 1. The standard InChI is InChI=1S/C11H15ClN2O4S/c1-3-18-10-5-4-8(6-9(10)12)19(16,17)14-7(2)11(13)15/h4-7,14H,3H2,1-2H3,(H2,13,15)/t7-/m0/s1. The van der Waals surface area contributed by atoms with Crippen LogP contribution in [0.3, 0.4) is 0 Å². The normalized spacial score (nSPS) is 13.0. The number of hydrogen-bond donors (Lipinski definition) is 2. The molecule has 1 amide bonds. The van der Waals surface area contributed by atoms with Crippen LogP contribution in [-0.4, -0.2) is 27.0 Å². The highest BCUT2D eigenvalue weighted by Gasteiger charge is 2.21. The van der Waals surface area contributed by atoms with Gasteiger partial charge in [-0.3, -0.25) is 4.79 Å². The van der Waals surface area contributed by atoms with Crippen LogP contribution in [0.2, 0.25) is 5.02 Å². The predicted octanol–water partition coefficient (Wildman–Crippen LogP) is 0.891. The van der Waals surface area contributed by atoms with Crippen molar-refractivity contribution in [2.24, 2.45) is 5.73 Å². The second-order valence-corrected chi connectivity index (χ2v) is 5.89. The third-order valence-electron chi connectivity index (χ3n) is 2.27. The molecule has 6 nitrogen and oxygen atoms in total. The minimum atomic E-state index is -3.85. The van der Waals surface area contributed by atoms with E-state index in [1.807, 2.05) is 0 Å². The van der Waals surface area contributed by atoms with E-state index in [0.717, 1.165) is 0 Å². The van der Waals surface area contributed by atoms with Gasteiger partial charge in [-0.2, -0.15) is 4.72 Å². The predicted molar refractivity (Wildman–Crippen MR) is 71.6 cm³/mol. The summed E-state index contributed by atoms with van der Waals surface area (Å²) in [5.41, 5.74) is 5.00. The maximum absolute atomic E-state index is 12.0. The van der Waals surface area contributed by atoms with Crippen molar-refractivity contribution in [3.05, 3.63) is 23.2 Å². The molecular formula is C11H15ClN2O4S. The second kappa shape index (κ2) is 6.23. The zero-order chi connectivity index (χ0) is 14.6. The van der Waals surface area contributed by atoms with Gasteiger partial charge < -0.3 is 10.5 Å². The Balaban J connectivity index is 3.02. The van der Waals surface area contributed by atoms with Crippen molar-refractivity contribution in [2.75, 3.05) is 6.61 Å². The molecule has 0 aliphatic carbocycles. The molecule has 1 aromatic rings. The Morgan fingerprint density at radius 1 is 1.53 bits per heavy atom. The molecule has 1 rings (SSSR count). The maximum Gasteiger partial charge on any atom is 0.241 e. The van der Waals surface area contributed by atoms with Gasteiger partial charge in [0.25, 0.3) is 0 Å². The second-order valence-electron chi connectivity index (χ2n) is 3.77. The Morgan fingerprint density at radius 3 is 2.63 bits per heavy atom. The van der Waals surface area contributed by atoms with Crippen LogP contribution in [0.15, 0.2) is 23.1 Å². The quantitative estimate of drug-likeness (QED) is 0.815. The van der Waals surface area contributed by atoms with E-state index in [4.69, 9.17) is 22.1 Å². The highest BCUT2D eigenvalue weighted by Crippen LogP contribution is 2.27. The van der Waals surface area contributed by atoms with Gasteiger partial charge in [-0.1, -0.05) is 11.6 Å². The van der Waals surface area contributed by atoms with Crippen LogP contribution in [0.4, 0.5) is 0 Å². The van der Waals surface area contributed by atoms with E-state index in [9.17, 15) is 13.2 Å². The molecule has 0 heterocycles. The molecule has 0 saturated heterocycles. The smallest absolute Gasteiger partial charge is 0.241 e. The van der Waals surface area contributed by atoms with E-state index in [-0.39, 0.29) is 9.92 Å². The van der Waals surface area contributed by atoms with E-state index in [1.54, 1.807) is 6.92 Å². The summed E-state index contributed by atoms with van der Waals surface area (Å²) < 4.78 is 31.3. The first-order valence-corrected chi connectivity index (χ1v) is 7.38. The number of sulfonamides is 1. The molecule has 0 aromatic heterocycles. The molecule has 0 aliphatic rings. The molecule has 0 bridgehead atoms. The van der Waals surface area contributed by atoms with Crippen molar-refractivity contribution in [1.29, 1.82) is 0 Å². The summed E-state index contributed by atoms with van der Waals surface area (Å²) in [5, 5.41) is 0.177. The minimum Gasteiger partial charge on any atom is -0.492 e. The number of carbonyl (C=O) groups is 1. The van der Waals surface area contributed by atoms with E-state index >= 15 is 0 Å². The summed E-state index contributed by atoms with van der Waals surface area (Å²) >= 11 is 5.90. The molecule has 0 saturated carbocycles. The van der Waals surface area contributed by atoms with Gasteiger partial charge in [0, 0.05) is 0 Å². The average molecular weight is 307 g/mol. The van der Waals surface area contributed by atoms with Crippen LogP contribution in [0.25, 0.3) is 0 Å². The summed E-state index contributed by atoms with van der Waals surface area (Å²) in [6.07, 6.45) is 0. The lowest BCUT2D eigenvalue weighted by Gasteiger charge is -2.12. The summed E-state index contributed by atoms with van der Waals surface area (Å²) in [4.78, 5) is 10.8. The molecule has 106 valence electrons. The highest BCUT2D eigenvalue weighted by atomic mass is 35.5. The molecule has 0 unspecified atom stereocenters. The van der Waals surface area contributed by atoms with Crippen LogP contribution in [0.5, 0.6) is 5.75 Å². The third kappa shape index (κ3) is 4.09. The van der Waals surface area contributed by atoms with E-state index in [0.29, 0.717) is 12.4 Å². The fourth-order valence-electron chi connectivity index (χ4n) is 1.28. The summed E-state index contributed by atoms with van der Waals surface area (Å²) in [6.45, 7) is 3.57. The Morgan fingerprint density at radius 2 is 2.16 bits per heavy atom. The number of primary amides is 1. The van der Waals surface area contributed by atoms with E-state index in [2.05, 4.69) is 4.72 Å². The Kier molecular flexibility index (Phi) is 5.16. The van der Waals surface area contributed by atoms with Crippen molar-refractivity contribution in [3.8, 4) is 5.75 Å². The Hall–Kier alpha value is -1.31. The van der Waals surface area contributed by atoms with Crippen LogP contribution in [0.1, 0.15) is 13.8 Å². The van der Waals surface area contributed by atoms with Crippen molar-refractivity contribution in [3.63, 3.8) is 0 Å². The first kappa shape index (κ1) is 15.7. The summed E-state index contributed by atoms with van der Waals surface area (Å²) in [7, 11) is -3.85. The topological polar surface area (TPSA) is 98.5 Å². The monoisotopic (exact) mass is 306 g/mol. The SMILES string of the molecule is CCOc1ccc(S(=O)(=O)N[C@@H](C)C(N)=O)cc1Cl. The Bertz CT molecular complexity index is 574. The van der Waals surface area contributed by atoms with Crippen molar-refractivity contribution in [2.45, 2.75) is 24.8 Å². The van der Waals surface area contributed by atoms with Crippen molar-refractivity contribution < 1.29 is 17.9 Å². The van der Waals surface area contributed by atoms with Gasteiger partial charge in [0.2, 0.25) is 15.9 Å². The minimum absolute atomic E-state index is 0.0611. The molecule has 0 spiro atoms. The number of carbonyl (C=O) groups excluding carboxylic acids is 1. The highest BCUT2D eigenvalue weighted by molar-refractivity contribution is 7.89. The van der Waals surface area contributed by atoms with E-state index in [1.165, 1.54) is 25.1 Å². The van der Waals surface area contributed by atoms with Crippen LogP contribution < -0.4 is 15.2 Å². The number of benzene rings is 1. The number of hydrogen-bond acceptors (Lipinski definition) is 4. The molecule has 3 N–H and O–H groups in total. The number of rotatable bonds is 6. The number of nitrogens with one attached hydrogen (secondary N) is 1. The van der Waals surface area contributed by atoms with Crippen molar-refractivity contribution in [1.82, 2.24) is 4.72 Å². The number of amides is 1. The first-order chi connectivity index (χ1) is 8.77. The molecule has 8 heteroatoms. The van der Waals surface area contributed by atoms with Gasteiger partial charge in [0.05, 0.1) is 22.6 Å². The fraction of sp³-hybridized carbons (Fsp3) is 0.364. The van der Waals surface area contributed by atoms with Gasteiger partial charge in [-0.25, -0.2) is 8.42 Å². The van der Waals surface area contributed by atoms with Crippen LogP contribution >= 0.6 is 11.6 Å². The summed E-state index contributed by atoms with van der Waals surface area (Å²) in [5.74, 6) is -0.369. The van der Waals surface area contributed by atoms with Gasteiger partial charge >= 0.3 is 0 Å². The zero-order valence-corrected chi connectivity index (χ0v) is 12.1. The lowest BCUT2D eigenvalue weighted by atomic mass is 10.3. The molecule has 19 heavy (non-hydrogen) atoms.